The molecule has 0 amide bonds. The Morgan fingerprint density at radius 3 is 2.40 bits per heavy atom. The molecular formula is C3H4BrI. The van der Waals surface area contributed by atoms with Gasteiger partial charge in [0.1, 0.15) is 0 Å². The molecule has 0 aromatic heterocycles. The Bertz CT molecular complexity index is 33.9. The normalized spacial score (nSPS) is 10.0. The fraction of sp³-hybridized carbons (Fsp3) is 0.333. The lowest BCUT2D eigenvalue weighted by atomic mass is 10.8. The van der Waals surface area contributed by atoms with Gasteiger partial charge in [-0.3, -0.25) is 0 Å². The maximum absolute atomic E-state index is 3.22. The molecule has 0 atom stereocenters. The number of rotatable bonds is 1. The molecule has 0 aromatic carbocycles. The maximum atomic E-state index is 3.22. The molecule has 0 spiro atoms. The van der Waals surface area contributed by atoms with E-state index in [1.165, 1.54) is 0 Å². The van der Waals surface area contributed by atoms with Gasteiger partial charge in [0.2, 0.25) is 0 Å². The highest BCUT2D eigenvalue weighted by Crippen LogP contribution is 1.85. The molecule has 0 nitrogen and oxygen atoms in total. The monoisotopic (exact) mass is 246 g/mol. The number of halogens is 2. The summed E-state index contributed by atoms with van der Waals surface area (Å²) >= 11 is 5.39. The third-order valence-corrected chi connectivity index (χ3v) is 1.06. The van der Waals surface area contributed by atoms with Crippen molar-refractivity contribution in [2.75, 3.05) is 5.33 Å². The van der Waals surface area contributed by atoms with Crippen LogP contribution < -0.4 is 0 Å². The third-order valence-electron chi connectivity index (χ3n) is 0.178. The van der Waals surface area contributed by atoms with E-state index in [4.69, 9.17) is 0 Å². The summed E-state index contributed by atoms with van der Waals surface area (Å²) in [6, 6.07) is 0. The van der Waals surface area contributed by atoms with Crippen molar-refractivity contribution in [1.82, 2.24) is 0 Å². The Morgan fingerprint density at radius 1 is 1.80 bits per heavy atom. The number of alkyl halides is 1. The molecule has 0 N–H and O–H groups in total. The van der Waals surface area contributed by atoms with E-state index in [9.17, 15) is 0 Å². The van der Waals surface area contributed by atoms with Gasteiger partial charge in [-0.1, -0.05) is 44.6 Å². The molecule has 30 valence electrons. The highest BCUT2D eigenvalue weighted by molar-refractivity contribution is 14.1. The molecule has 0 saturated heterocycles. The fourth-order valence-corrected chi connectivity index (χ4v) is 1.17. The Morgan fingerprint density at radius 2 is 2.40 bits per heavy atom. The van der Waals surface area contributed by atoms with E-state index in [1.54, 1.807) is 0 Å². The second-order valence-electron chi connectivity index (χ2n) is 0.516. The number of allylic oxidation sites excluding steroid dienone is 1. The first kappa shape index (κ1) is 5.95. The van der Waals surface area contributed by atoms with Gasteiger partial charge in [-0.05, 0) is 4.08 Å². The Hall–Kier alpha value is 0.950. The molecule has 0 saturated carbocycles. The standard InChI is InChI=1S/C3H4BrI/c4-2-1-3-5/h1,3H,2H2/b3-1+. The molecule has 0 aliphatic heterocycles. The third kappa shape index (κ3) is 4.95. The van der Waals surface area contributed by atoms with Gasteiger partial charge < -0.3 is 0 Å². The van der Waals surface area contributed by atoms with Crippen LogP contribution in [-0.4, -0.2) is 5.33 Å². The summed E-state index contributed by atoms with van der Waals surface area (Å²) in [5.74, 6) is 0. The van der Waals surface area contributed by atoms with Gasteiger partial charge in [-0.15, -0.1) is 0 Å². The predicted octanol–water partition coefficient (Wildman–Crippen LogP) is 2.33. The van der Waals surface area contributed by atoms with Gasteiger partial charge in [-0.2, -0.15) is 0 Å². The molecule has 0 radical (unpaired) electrons. The average molecular weight is 247 g/mol. The zero-order valence-corrected chi connectivity index (χ0v) is 6.36. The van der Waals surface area contributed by atoms with Crippen molar-refractivity contribution in [1.29, 1.82) is 0 Å². The summed E-state index contributed by atoms with van der Waals surface area (Å²) in [7, 11) is 0. The lowest BCUT2D eigenvalue weighted by Crippen LogP contribution is -1.47. The summed E-state index contributed by atoms with van der Waals surface area (Å²) in [5, 5.41) is 0.968. The van der Waals surface area contributed by atoms with Gasteiger partial charge in [0.15, 0.2) is 0 Å². The summed E-state index contributed by atoms with van der Waals surface area (Å²) < 4.78 is 1.98. The van der Waals surface area contributed by atoms with Crippen LogP contribution in [0.25, 0.3) is 0 Å². The molecule has 0 aliphatic carbocycles. The van der Waals surface area contributed by atoms with Crippen molar-refractivity contribution in [2.45, 2.75) is 0 Å². The van der Waals surface area contributed by atoms with Crippen molar-refractivity contribution in [3.63, 3.8) is 0 Å². The van der Waals surface area contributed by atoms with Gasteiger partial charge in [-0.25, -0.2) is 0 Å². The molecule has 5 heavy (non-hydrogen) atoms. The minimum absolute atomic E-state index is 0.968. The lowest BCUT2D eigenvalue weighted by Gasteiger charge is -1.61. The largest absolute Gasteiger partial charge is 0.0883 e. The van der Waals surface area contributed by atoms with E-state index in [2.05, 4.69) is 38.5 Å². The van der Waals surface area contributed by atoms with E-state index in [1.807, 2.05) is 10.2 Å². The molecule has 0 heterocycles. The zero-order valence-electron chi connectivity index (χ0n) is 2.62. The quantitative estimate of drug-likeness (QED) is 0.492. The maximum Gasteiger partial charge on any atom is 0.0219 e. The second kappa shape index (κ2) is 4.95. The smallest absolute Gasteiger partial charge is 0.0219 e. The van der Waals surface area contributed by atoms with Crippen molar-refractivity contribution >= 4 is 38.5 Å². The Labute approximate surface area is 53.9 Å². The molecule has 2 heteroatoms. The van der Waals surface area contributed by atoms with Crippen LogP contribution in [0.4, 0.5) is 0 Å². The first-order valence-corrected chi connectivity index (χ1v) is 3.59. The van der Waals surface area contributed by atoms with Crippen molar-refractivity contribution in [3.05, 3.63) is 10.2 Å². The van der Waals surface area contributed by atoms with E-state index in [-0.39, 0.29) is 0 Å². The zero-order chi connectivity index (χ0) is 4.12. The molecule has 0 aromatic rings. The summed E-state index contributed by atoms with van der Waals surface area (Å²) in [4.78, 5) is 0. The van der Waals surface area contributed by atoms with E-state index >= 15 is 0 Å². The summed E-state index contributed by atoms with van der Waals surface area (Å²) in [5.41, 5.74) is 0. The first-order chi connectivity index (χ1) is 2.41. The first-order valence-electron chi connectivity index (χ1n) is 1.23. The minimum atomic E-state index is 0.968. The van der Waals surface area contributed by atoms with Crippen LogP contribution in [0.1, 0.15) is 0 Å². The molecule has 0 rings (SSSR count). The van der Waals surface area contributed by atoms with Crippen LogP contribution in [0.5, 0.6) is 0 Å². The van der Waals surface area contributed by atoms with Crippen LogP contribution in [0.15, 0.2) is 10.2 Å². The van der Waals surface area contributed by atoms with E-state index < -0.39 is 0 Å². The average Bonchev–Trinajstić information content (AvgIpc) is 1.41. The predicted molar refractivity (Wildman–Crippen MR) is 37.0 cm³/mol. The minimum Gasteiger partial charge on any atom is -0.0883 e. The van der Waals surface area contributed by atoms with Crippen molar-refractivity contribution in [3.8, 4) is 0 Å². The molecular weight excluding hydrogens is 243 g/mol. The highest BCUT2D eigenvalue weighted by atomic mass is 127. The fourth-order valence-electron chi connectivity index (χ4n) is 0.0337. The van der Waals surface area contributed by atoms with Crippen LogP contribution in [-0.2, 0) is 0 Å². The van der Waals surface area contributed by atoms with Gasteiger partial charge in [0, 0.05) is 5.33 Å². The van der Waals surface area contributed by atoms with Gasteiger partial charge in [0.05, 0.1) is 0 Å². The molecule has 0 aliphatic rings. The molecule has 0 bridgehead atoms. The second-order valence-corrected chi connectivity index (χ2v) is 1.88. The lowest BCUT2D eigenvalue weighted by molar-refractivity contribution is 1.86. The van der Waals surface area contributed by atoms with Crippen LogP contribution >= 0.6 is 38.5 Å². The van der Waals surface area contributed by atoms with E-state index in [0.29, 0.717) is 0 Å². The van der Waals surface area contributed by atoms with Crippen molar-refractivity contribution < 1.29 is 0 Å². The topological polar surface area (TPSA) is 0 Å². The van der Waals surface area contributed by atoms with Crippen LogP contribution in [0.3, 0.4) is 0 Å². The molecule has 0 fully saturated rings. The van der Waals surface area contributed by atoms with Gasteiger partial charge in [0.25, 0.3) is 0 Å². The SMILES string of the molecule is BrC/C=C/I. The number of hydrogen-bond donors (Lipinski definition) is 0. The van der Waals surface area contributed by atoms with Crippen LogP contribution in [0.2, 0.25) is 0 Å². The number of hydrogen-bond acceptors (Lipinski definition) is 0. The highest BCUT2D eigenvalue weighted by Gasteiger charge is 1.55. The van der Waals surface area contributed by atoms with E-state index in [0.717, 1.165) is 5.33 Å². The van der Waals surface area contributed by atoms with Crippen LogP contribution in [0, 0.1) is 0 Å². The summed E-state index contributed by atoms with van der Waals surface area (Å²) in [6.45, 7) is 0. The molecule has 0 unspecified atom stereocenters. The van der Waals surface area contributed by atoms with Crippen molar-refractivity contribution in [2.24, 2.45) is 0 Å². The Balaban J connectivity index is 2.62. The van der Waals surface area contributed by atoms with Gasteiger partial charge >= 0.3 is 0 Å². The summed E-state index contributed by atoms with van der Waals surface area (Å²) in [6.07, 6.45) is 2.03. The Kier molecular flexibility index (Phi) is 5.89.